The van der Waals surface area contributed by atoms with E-state index >= 15 is 0 Å². The second-order valence-corrected chi connectivity index (χ2v) is 4.14. The molecule has 1 aliphatic heterocycles. The molecule has 0 amide bonds. The third-order valence-corrected chi connectivity index (χ3v) is 2.92. The van der Waals surface area contributed by atoms with Crippen molar-refractivity contribution in [1.29, 1.82) is 0 Å². The van der Waals surface area contributed by atoms with Crippen molar-refractivity contribution in [2.45, 2.75) is 31.9 Å². The molecule has 10 heavy (non-hydrogen) atoms. The van der Waals surface area contributed by atoms with Crippen molar-refractivity contribution in [3.63, 3.8) is 0 Å². The fourth-order valence-corrected chi connectivity index (χ4v) is 2.38. The highest BCUT2D eigenvalue weighted by Gasteiger charge is 2.36. The van der Waals surface area contributed by atoms with E-state index < -0.39 is 5.60 Å². The second kappa shape index (κ2) is 2.72. The van der Waals surface area contributed by atoms with E-state index in [9.17, 15) is 5.11 Å². The fourth-order valence-electron chi connectivity index (χ4n) is 1.54. The van der Waals surface area contributed by atoms with Gasteiger partial charge in [0.1, 0.15) is 0 Å². The van der Waals surface area contributed by atoms with Gasteiger partial charge in [-0.2, -0.15) is 0 Å². The largest absolute Gasteiger partial charge is 0.389 e. The summed E-state index contributed by atoms with van der Waals surface area (Å²) in [5.74, 6) is 0. The first-order chi connectivity index (χ1) is 4.55. The van der Waals surface area contributed by atoms with Crippen molar-refractivity contribution in [3.05, 3.63) is 0 Å². The predicted octanol–water partition coefficient (Wildman–Crippen LogP) is 1.11. The van der Waals surface area contributed by atoms with Crippen molar-refractivity contribution >= 4 is 11.9 Å². The van der Waals surface area contributed by atoms with Crippen LogP contribution in [0.1, 0.15) is 20.3 Å². The van der Waals surface area contributed by atoms with Crippen molar-refractivity contribution in [2.24, 2.45) is 0 Å². The maximum Gasteiger partial charge on any atom is 0.0770 e. The Kier molecular flexibility index (Phi) is 2.28. The number of β-amino-alcohol motifs (C(OH)–C–C–N with tert-alkyl or cyclic N) is 1. The quantitative estimate of drug-likeness (QED) is 0.583. The maximum absolute atomic E-state index is 9.61. The lowest BCUT2D eigenvalue weighted by molar-refractivity contribution is 0.0760. The van der Waals surface area contributed by atoms with Crippen LogP contribution in [0.5, 0.6) is 0 Å². The highest BCUT2D eigenvalue weighted by molar-refractivity contribution is 7.96. The molecule has 2 atom stereocenters. The van der Waals surface area contributed by atoms with Crippen molar-refractivity contribution in [3.8, 4) is 0 Å². The average Bonchev–Trinajstić information content (AvgIpc) is 2.05. The summed E-state index contributed by atoms with van der Waals surface area (Å²) in [6.45, 7) is 4.85. The van der Waals surface area contributed by atoms with Crippen LogP contribution in [0.3, 0.4) is 0 Å². The molecule has 1 aliphatic rings. The molecule has 1 rings (SSSR count). The Balaban J connectivity index is 2.52. The van der Waals surface area contributed by atoms with Gasteiger partial charge in [0.05, 0.1) is 5.60 Å². The van der Waals surface area contributed by atoms with E-state index in [0.29, 0.717) is 6.04 Å². The lowest BCUT2D eigenvalue weighted by atomic mass is 10.0. The van der Waals surface area contributed by atoms with Gasteiger partial charge >= 0.3 is 0 Å². The normalized spacial score (nSPS) is 42.6. The molecule has 0 saturated carbocycles. The van der Waals surface area contributed by atoms with Gasteiger partial charge in [0.15, 0.2) is 0 Å². The second-order valence-electron chi connectivity index (χ2n) is 3.31. The van der Waals surface area contributed by atoms with Crippen LogP contribution in [-0.2, 0) is 0 Å². The Morgan fingerprint density at radius 2 is 2.30 bits per heavy atom. The molecule has 1 N–H and O–H groups in total. The zero-order chi connectivity index (χ0) is 7.78. The highest BCUT2D eigenvalue weighted by Crippen LogP contribution is 2.30. The van der Waals surface area contributed by atoms with Crippen molar-refractivity contribution < 1.29 is 5.11 Å². The zero-order valence-electron chi connectivity index (χ0n) is 6.79. The molecule has 0 aliphatic carbocycles. The summed E-state index contributed by atoms with van der Waals surface area (Å²) in [6, 6.07) is 0.519. The van der Waals surface area contributed by atoms with Crippen LogP contribution in [0.15, 0.2) is 0 Å². The Morgan fingerprint density at radius 1 is 1.70 bits per heavy atom. The summed E-state index contributed by atoms with van der Waals surface area (Å²) in [5, 5.41) is 9.61. The molecule has 2 unspecified atom stereocenters. The molecule has 1 fully saturated rings. The number of rotatable bonds is 1. The first kappa shape index (κ1) is 8.37. The predicted molar refractivity (Wildman–Crippen MR) is 44.9 cm³/mol. The molecule has 1 saturated heterocycles. The van der Waals surface area contributed by atoms with Gasteiger partial charge in [-0.25, -0.2) is 4.31 Å². The van der Waals surface area contributed by atoms with Crippen LogP contribution < -0.4 is 0 Å². The fraction of sp³-hybridized carbons (Fsp3) is 1.00. The first-order valence-corrected chi connectivity index (χ1v) is 4.76. The minimum Gasteiger partial charge on any atom is -0.389 e. The Bertz CT molecular complexity index is 127. The minimum absolute atomic E-state index is 0.456. The summed E-state index contributed by atoms with van der Waals surface area (Å²) in [7, 11) is 0. The molecule has 60 valence electrons. The van der Waals surface area contributed by atoms with Crippen molar-refractivity contribution in [2.75, 3.05) is 12.8 Å². The molecular weight excluding hydrogens is 146 g/mol. The number of hydrogen-bond acceptors (Lipinski definition) is 3. The molecule has 0 spiro atoms. The maximum atomic E-state index is 9.61. The molecular formula is C7H15NOS. The first-order valence-electron chi connectivity index (χ1n) is 3.58. The molecule has 1 heterocycles. The van der Waals surface area contributed by atoms with Crippen LogP contribution in [0.2, 0.25) is 0 Å². The molecule has 0 aromatic carbocycles. The molecule has 0 bridgehead atoms. The number of nitrogens with zero attached hydrogens (tertiary/aromatic N) is 1. The van der Waals surface area contributed by atoms with Gasteiger partial charge in [-0.05, 0) is 26.5 Å². The van der Waals surface area contributed by atoms with E-state index in [1.165, 1.54) is 0 Å². The molecule has 2 nitrogen and oxygen atoms in total. The van der Waals surface area contributed by atoms with Gasteiger partial charge in [-0.1, -0.05) is 11.9 Å². The van der Waals surface area contributed by atoms with E-state index in [4.69, 9.17) is 0 Å². The van der Waals surface area contributed by atoms with Crippen molar-refractivity contribution in [1.82, 2.24) is 4.31 Å². The molecule has 0 radical (unpaired) electrons. The Morgan fingerprint density at radius 3 is 2.50 bits per heavy atom. The van der Waals surface area contributed by atoms with Crippen LogP contribution in [0.25, 0.3) is 0 Å². The van der Waals surface area contributed by atoms with E-state index in [2.05, 4.69) is 17.5 Å². The van der Waals surface area contributed by atoms with E-state index in [-0.39, 0.29) is 0 Å². The van der Waals surface area contributed by atoms with Gasteiger partial charge in [0.2, 0.25) is 0 Å². The SMILES string of the molecule is CSN1CC(C)(O)CC1C. The van der Waals surface area contributed by atoms with E-state index in [0.717, 1.165) is 13.0 Å². The van der Waals surface area contributed by atoms with Crippen LogP contribution in [-0.4, -0.2) is 33.9 Å². The Labute approximate surface area is 66.7 Å². The summed E-state index contributed by atoms with van der Waals surface area (Å²) >= 11 is 1.72. The zero-order valence-corrected chi connectivity index (χ0v) is 7.61. The third-order valence-electron chi connectivity index (χ3n) is 1.96. The molecule has 3 heteroatoms. The smallest absolute Gasteiger partial charge is 0.0770 e. The van der Waals surface area contributed by atoms with Crippen LogP contribution in [0, 0.1) is 0 Å². The van der Waals surface area contributed by atoms with Gasteiger partial charge < -0.3 is 5.11 Å². The summed E-state index contributed by atoms with van der Waals surface area (Å²) < 4.78 is 2.22. The van der Waals surface area contributed by atoms with Gasteiger partial charge in [0, 0.05) is 12.6 Å². The van der Waals surface area contributed by atoms with Gasteiger partial charge in [-0.15, -0.1) is 0 Å². The monoisotopic (exact) mass is 161 g/mol. The highest BCUT2D eigenvalue weighted by atomic mass is 32.2. The summed E-state index contributed by atoms with van der Waals surface area (Å²) in [5.41, 5.74) is -0.456. The van der Waals surface area contributed by atoms with Gasteiger partial charge in [0.25, 0.3) is 0 Å². The molecule has 0 aromatic rings. The molecule has 0 aromatic heterocycles. The minimum atomic E-state index is -0.456. The van der Waals surface area contributed by atoms with Crippen LogP contribution >= 0.6 is 11.9 Å². The summed E-state index contributed by atoms with van der Waals surface area (Å²) in [4.78, 5) is 0. The van der Waals surface area contributed by atoms with Crippen LogP contribution in [0.4, 0.5) is 0 Å². The van der Waals surface area contributed by atoms with E-state index in [1.807, 2.05) is 6.92 Å². The lowest BCUT2D eigenvalue weighted by Gasteiger charge is -2.17. The van der Waals surface area contributed by atoms with Gasteiger partial charge in [-0.3, -0.25) is 0 Å². The topological polar surface area (TPSA) is 23.5 Å². The lowest BCUT2D eigenvalue weighted by Crippen LogP contribution is -2.26. The average molecular weight is 161 g/mol. The number of hydrogen-bond donors (Lipinski definition) is 1. The number of aliphatic hydroxyl groups is 1. The third kappa shape index (κ3) is 1.65. The Hall–Kier alpha value is 0.270. The standard InChI is InChI=1S/C7H15NOS/c1-6-4-7(2,9)5-8(6)10-3/h6,9H,4-5H2,1-3H3. The summed E-state index contributed by atoms with van der Waals surface area (Å²) in [6.07, 6.45) is 2.95. The van der Waals surface area contributed by atoms with E-state index in [1.54, 1.807) is 11.9 Å².